The lowest BCUT2D eigenvalue weighted by atomic mass is 9.95. The number of unbranched alkanes of at least 4 members (excludes halogenated alkanes) is 4. The van der Waals surface area contributed by atoms with Crippen LogP contribution in [0.2, 0.25) is 0 Å². The average molecular weight is 765 g/mol. The van der Waals surface area contributed by atoms with Gasteiger partial charge in [-0.05, 0) is 66.1 Å². The molecule has 2 unspecified atom stereocenters. The molecule has 306 valence electrons. The van der Waals surface area contributed by atoms with Crippen molar-refractivity contribution in [3.8, 4) is 0 Å². The Labute approximate surface area is 330 Å². The van der Waals surface area contributed by atoms with Gasteiger partial charge < -0.3 is 40.2 Å². The topological polar surface area (TPSA) is 136 Å². The Hall–Kier alpha value is -4.29. The van der Waals surface area contributed by atoms with E-state index < -0.39 is 0 Å². The van der Waals surface area contributed by atoms with Gasteiger partial charge in [-0.15, -0.1) is 0 Å². The van der Waals surface area contributed by atoms with Gasteiger partial charge in [0.25, 0.3) is 0 Å². The Morgan fingerprint density at radius 2 is 1.15 bits per heavy atom. The quantitative estimate of drug-likeness (QED) is 0.0713. The first-order valence-electron chi connectivity index (χ1n) is 19.4. The Balaban J connectivity index is 0.000000417. The van der Waals surface area contributed by atoms with Gasteiger partial charge in [0.05, 0.1) is 12.7 Å². The number of carbonyl (C=O) groups excluding carboxylic acids is 3. The molecule has 11 nitrogen and oxygen atoms in total. The molecule has 0 aromatic heterocycles. The molecule has 0 aliphatic heterocycles. The fraction of sp³-hybridized carbons (Fsp3) is 0.523. The highest BCUT2D eigenvalue weighted by molar-refractivity contribution is 5.89. The highest BCUT2D eigenvalue weighted by Gasteiger charge is 2.09. The van der Waals surface area contributed by atoms with Crippen molar-refractivity contribution in [1.82, 2.24) is 10.6 Å². The van der Waals surface area contributed by atoms with Gasteiger partial charge in [-0.3, -0.25) is 9.59 Å². The third kappa shape index (κ3) is 26.2. The predicted octanol–water partition coefficient (Wildman–Crippen LogP) is 8.38. The lowest BCUT2D eigenvalue weighted by molar-refractivity contribution is -0.115. The van der Waals surface area contributed by atoms with Crippen molar-refractivity contribution in [1.29, 1.82) is 0 Å². The molecule has 0 saturated heterocycles. The molecule has 3 rings (SSSR count). The molecule has 55 heavy (non-hydrogen) atoms. The second kappa shape index (κ2) is 32.0. The van der Waals surface area contributed by atoms with Gasteiger partial charge in [0, 0.05) is 80.0 Å². The van der Waals surface area contributed by atoms with Gasteiger partial charge in [0.15, 0.2) is 0 Å². The Morgan fingerprint density at radius 1 is 0.600 bits per heavy atom. The number of anilines is 2. The average Bonchev–Trinajstić information content (AvgIpc) is 3.18. The van der Waals surface area contributed by atoms with Crippen LogP contribution in [0.15, 0.2) is 78.9 Å². The van der Waals surface area contributed by atoms with E-state index in [1.54, 1.807) is 28.4 Å². The van der Waals surface area contributed by atoms with E-state index in [1.165, 1.54) is 65.2 Å². The van der Waals surface area contributed by atoms with Gasteiger partial charge in [-0.1, -0.05) is 100 Å². The minimum Gasteiger partial charge on any atom is -0.385 e. The summed E-state index contributed by atoms with van der Waals surface area (Å²) in [6.45, 7) is 8.50. The van der Waals surface area contributed by atoms with Gasteiger partial charge >= 0.3 is 6.03 Å². The number of hydrogen-bond acceptors (Lipinski definition) is 7. The minimum absolute atomic E-state index is 0.0729. The molecule has 0 heterocycles. The van der Waals surface area contributed by atoms with E-state index in [0.717, 1.165) is 53.6 Å². The van der Waals surface area contributed by atoms with Crippen LogP contribution >= 0.6 is 0 Å². The number of hydrogen-bond donors (Lipinski definition) is 4. The molecule has 0 aliphatic carbocycles. The van der Waals surface area contributed by atoms with Crippen molar-refractivity contribution >= 4 is 29.2 Å². The number of benzene rings is 3. The molecule has 4 amide bonds. The van der Waals surface area contributed by atoms with Crippen LogP contribution in [-0.4, -0.2) is 78.8 Å². The van der Waals surface area contributed by atoms with Gasteiger partial charge in [-0.25, -0.2) is 4.79 Å². The lowest BCUT2D eigenvalue weighted by Gasteiger charge is -2.15. The van der Waals surface area contributed by atoms with E-state index in [2.05, 4.69) is 28.2 Å². The molecule has 0 fully saturated rings. The van der Waals surface area contributed by atoms with E-state index in [4.69, 9.17) is 18.9 Å². The zero-order chi connectivity index (χ0) is 40.5. The minimum atomic E-state index is -0.211. The zero-order valence-corrected chi connectivity index (χ0v) is 34.4. The van der Waals surface area contributed by atoms with Gasteiger partial charge in [0.1, 0.15) is 0 Å². The van der Waals surface area contributed by atoms with E-state index in [-0.39, 0.29) is 23.9 Å². The summed E-state index contributed by atoms with van der Waals surface area (Å²) in [5.74, 6) is 0.728. The number of ether oxygens (including phenoxy) is 4. The predicted molar refractivity (Wildman–Crippen MR) is 224 cm³/mol. The molecule has 0 aliphatic rings. The fourth-order valence-corrected chi connectivity index (χ4v) is 5.54. The van der Waals surface area contributed by atoms with Crippen LogP contribution in [0.1, 0.15) is 88.8 Å². The van der Waals surface area contributed by atoms with Crippen LogP contribution in [0.25, 0.3) is 0 Å². The number of rotatable bonds is 23. The van der Waals surface area contributed by atoms with Crippen molar-refractivity contribution in [3.63, 3.8) is 0 Å². The molecule has 2 atom stereocenters. The number of nitrogens with one attached hydrogen (secondary N) is 4. The maximum Gasteiger partial charge on any atom is 0.315 e. The summed E-state index contributed by atoms with van der Waals surface area (Å²) in [5.41, 5.74) is 4.99. The zero-order valence-electron chi connectivity index (χ0n) is 34.4. The summed E-state index contributed by atoms with van der Waals surface area (Å²) >= 11 is 0. The normalized spacial score (nSPS) is 11.5. The molecule has 4 N–H and O–H groups in total. The van der Waals surface area contributed by atoms with E-state index in [0.29, 0.717) is 19.7 Å². The summed E-state index contributed by atoms with van der Waals surface area (Å²) in [7, 11) is 6.76. The first-order valence-corrected chi connectivity index (χ1v) is 19.4. The third-order valence-corrected chi connectivity index (χ3v) is 8.70. The molecule has 0 radical (unpaired) electrons. The molecular weight excluding hydrogens is 697 g/mol. The van der Waals surface area contributed by atoms with E-state index in [9.17, 15) is 14.4 Å². The van der Waals surface area contributed by atoms with Crippen LogP contribution in [0, 0.1) is 5.92 Å². The van der Waals surface area contributed by atoms with Crippen LogP contribution in [0.4, 0.5) is 16.2 Å². The SMILES string of the molecule is CC(=O)Nc1ccc(Cc2ccc(NC(C)=O)cc2)cc1.CCC(CCCCCCCOC)CCOC.COCC(CNC(=O)NCc1ccccc1)OC. The Bertz CT molecular complexity index is 1350. The summed E-state index contributed by atoms with van der Waals surface area (Å²) in [6, 6.07) is 25.1. The monoisotopic (exact) mass is 765 g/mol. The Kier molecular flexibility index (Phi) is 28.4. The molecule has 3 aromatic carbocycles. The fourth-order valence-electron chi connectivity index (χ4n) is 5.54. The molecule has 0 spiro atoms. The number of amides is 4. The smallest absolute Gasteiger partial charge is 0.315 e. The van der Waals surface area contributed by atoms with Crippen LogP contribution in [0.5, 0.6) is 0 Å². The van der Waals surface area contributed by atoms with Crippen molar-refractivity contribution in [2.24, 2.45) is 5.92 Å². The van der Waals surface area contributed by atoms with Crippen molar-refractivity contribution < 1.29 is 33.3 Å². The van der Waals surface area contributed by atoms with Crippen LogP contribution in [0.3, 0.4) is 0 Å². The summed E-state index contributed by atoms with van der Waals surface area (Å²) in [6.07, 6.45) is 11.3. The summed E-state index contributed by atoms with van der Waals surface area (Å²) in [5, 5.41) is 11.0. The van der Waals surface area contributed by atoms with Crippen molar-refractivity contribution in [2.45, 2.75) is 91.2 Å². The van der Waals surface area contributed by atoms with E-state index >= 15 is 0 Å². The van der Waals surface area contributed by atoms with Crippen LogP contribution in [-0.2, 0) is 41.5 Å². The highest BCUT2D eigenvalue weighted by Crippen LogP contribution is 2.18. The van der Waals surface area contributed by atoms with Gasteiger partial charge in [-0.2, -0.15) is 0 Å². The summed E-state index contributed by atoms with van der Waals surface area (Å²) < 4.78 is 20.3. The first-order chi connectivity index (χ1) is 26.6. The number of methoxy groups -OCH3 is 4. The second-order valence-electron chi connectivity index (χ2n) is 13.4. The van der Waals surface area contributed by atoms with E-state index in [1.807, 2.05) is 78.9 Å². The maximum atomic E-state index is 11.5. The maximum absolute atomic E-state index is 11.5. The van der Waals surface area contributed by atoms with Crippen molar-refractivity contribution in [2.75, 3.05) is 65.4 Å². The van der Waals surface area contributed by atoms with Crippen molar-refractivity contribution in [3.05, 3.63) is 95.6 Å². The molecule has 11 heteroatoms. The summed E-state index contributed by atoms with van der Waals surface area (Å²) in [4.78, 5) is 33.4. The number of urea groups is 1. The molecule has 0 bridgehead atoms. The Morgan fingerprint density at radius 3 is 1.64 bits per heavy atom. The molecule has 0 saturated carbocycles. The third-order valence-electron chi connectivity index (χ3n) is 8.70. The standard InChI is InChI=1S/C17H18N2O2.C14H30O2.C13H20N2O3/c1-12(20)18-16-7-3-14(4-8-16)11-15-5-9-17(10-6-15)19-13(2)21;1-4-14(11-13-16-3)10-8-6-5-7-9-12-15-2;1-17-10-12(18-2)9-15-13(16)14-8-11-6-4-3-5-7-11/h3-10H,11H2,1-2H3,(H,18,20)(H,19,21);14H,4-13H2,1-3H3;3-7,12H,8-10H2,1-2H3,(H2,14,15,16). The number of carbonyl (C=O) groups is 3. The van der Waals surface area contributed by atoms with Gasteiger partial charge in [0.2, 0.25) is 11.8 Å². The lowest BCUT2D eigenvalue weighted by Crippen LogP contribution is -2.41. The second-order valence-corrected chi connectivity index (χ2v) is 13.4. The first kappa shape index (κ1) is 48.7. The highest BCUT2D eigenvalue weighted by atomic mass is 16.5. The largest absolute Gasteiger partial charge is 0.385 e. The molecule has 3 aromatic rings. The van der Waals surface area contributed by atoms with Crippen LogP contribution < -0.4 is 21.3 Å². The molecular formula is C44H68N4O7.